The van der Waals surface area contributed by atoms with E-state index in [1.807, 2.05) is 0 Å². The van der Waals surface area contributed by atoms with E-state index in [9.17, 15) is 0 Å². The van der Waals surface area contributed by atoms with Gasteiger partial charge in [-0.1, -0.05) is 13.8 Å². The Hall–Kier alpha value is -1.00. The maximum absolute atomic E-state index is 4.55. The minimum absolute atomic E-state index is 0.419. The second kappa shape index (κ2) is 5.82. The maximum Gasteiger partial charge on any atom is 0.130 e. The number of likely N-dealkylation sites (tertiary alicyclic amines) is 2. The SMILES string of the molecule is CC(C)c1ncc(C2CCN(C3CC4(C3)CN(C)C4)CC2)cn1. The highest BCUT2D eigenvalue weighted by molar-refractivity contribution is 5.14. The molecule has 4 rings (SSSR count). The van der Waals surface area contributed by atoms with Crippen molar-refractivity contribution in [3.05, 3.63) is 23.8 Å². The number of nitrogens with zero attached hydrogens (tertiary/aromatic N) is 4. The van der Waals surface area contributed by atoms with E-state index in [1.165, 1.54) is 57.4 Å². The summed E-state index contributed by atoms with van der Waals surface area (Å²) in [5.74, 6) is 2.05. The van der Waals surface area contributed by atoms with E-state index < -0.39 is 0 Å². The van der Waals surface area contributed by atoms with Crippen molar-refractivity contribution in [1.29, 1.82) is 0 Å². The quantitative estimate of drug-likeness (QED) is 0.859. The lowest BCUT2D eigenvalue weighted by Gasteiger charge is -2.61. The standard InChI is InChI=1S/C19H30N4/c1-14(2)18-20-10-16(11-21-18)15-4-6-23(7-5-15)17-8-19(9-17)12-22(3)13-19/h10-11,14-15,17H,4-9,12-13H2,1-3H3. The van der Waals surface area contributed by atoms with Crippen molar-refractivity contribution >= 4 is 0 Å². The fourth-order valence-corrected chi connectivity index (χ4v) is 5.01. The number of rotatable bonds is 3. The molecule has 23 heavy (non-hydrogen) atoms. The van der Waals surface area contributed by atoms with Gasteiger partial charge in [-0.05, 0) is 62.7 Å². The van der Waals surface area contributed by atoms with E-state index in [0.29, 0.717) is 17.3 Å². The monoisotopic (exact) mass is 314 g/mol. The summed E-state index contributed by atoms with van der Waals surface area (Å²) in [6, 6.07) is 0.865. The lowest BCUT2D eigenvalue weighted by molar-refractivity contribution is -0.102. The minimum atomic E-state index is 0.419. The van der Waals surface area contributed by atoms with Gasteiger partial charge in [0.15, 0.2) is 0 Å². The van der Waals surface area contributed by atoms with Crippen LogP contribution in [0.1, 0.15) is 62.8 Å². The molecule has 1 spiro atoms. The van der Waals surface area contributed by atoms with Gasteiger partial charge in [-0.3, -0.25) is 0 Å². The van der Waals surface area contributed by atoms with Crippen LogP contribution in [0.2, 0.25) is 0 Å². The van der Waals surface area contributed by atoms with E-state index in [1.54, 1.807) is 0 Å². The van der Waals surface area contributed by atoms with Crippen LogP contribution in [0.3, 0.4) is 0 Å². The third-order valence-corrected chi connectivity index (χ3v) is 6.27. The van der Waals surface area contributed by atoms with Gasteiger partial charge in [-0.2, -0.15) is 0 Å². The molecular weight excluding hydrogens is 284 g/mol. The Morgan fingerprint density at radius 1 is 1.09 bits per heavy atom. The Morgan fingerprint density at radius 3 is 2.22 bits per heavy atom. The lowest BCUT2D eigenvalue weighted by atomic mass is 9.60. The van der Waals surface area contributed by atoms with Gasteiger partial charge < -0.3 is 9.80 Å². The van der Waals surface area contributed by atoms with Crippen LogP contribution in [0.25, 0.3) is 0 Å². The predicted octanol–water partition coefficient (Wildman–Crippen LogP) is 2.87. The van der Waals surface area contributed by atoms with E-state index in [-0.39, 0.29) is 0 Å². The Labute approximate surface area is 140 Å². The van der Waals surface area contributed by atoms with Gasteiger partial charge >= 0.3 is 0 Å². The second-order valence-electron chi connectivity index (χ2n) is 8.57. The first-order valence-corrected chi connectivity index (χ1v) is 9.29. The molecule has 2 aliphatic heterocycles. The Bertz CT molecular complexity index is 531. The van der Waals surface area contributed by atoms with Crippen LogP contribution < -0.4 is 0 Å². The molecule has 1 aliphatic carbocycles. The van der Waals surface area contributed by atoms with Crippen LogP contribution >= 0.6 is 0 Å². The zero-order valence-corrected chi connectivity index (χ0v) is 14.8. The Kier molecular flexibility index (Phi) is 3.93. The van der Waals surface area contributed by atoms with E-state index in [2.05, 4.69) is 53.1 Å². The van der Waals surface area contributed by atoms with Crippen LogP contribution in [0.15, 0.2) is 12.4 Å². The molecule has 3 aliphatic rings. The van der Waals surface area contributed by atoms with Crippen LogP contribution in [0.4, 0.5) is 0 Å². The summed E-state index contributed by atoms with van der Waals surface area (Å²) in [5, 5.41) is 0. The second-order valence-corrected chi connectivity index (χ2v) is 8.57. The van der Waals surface area contributed by atoms with Crippen molar-refractivity contribution in [3.63, 3.8) is 0 Å². The molecule has 1 aromatic rings. The molecule has 126 valence electrons. The molecule has 0 radical (unpaired) electrons. The molecule has 4 heteroatoms. The Morgan fingerprint density at radius 2 is 1.70 bits per heavy atom. The van der Waals surface area contributed by atoms with Gasteiger partial charge in [-0.15, -0.1) is 0 Å². The highest BCUT2D eigenvalue weighted by Gasteiger charge is 2.52. The van der Waals surface area contributed by atoms with Crippen molar-refractivity contribution in [1.82, 2.24) is 19.8 Å². The molecule has 4 nitrogen and oxygen atoms in total. The van der Waals surface area contributed by atoms with Crippen molar-refractivity contribution in [3.8, 4) is 0 Å². The summed E-state index contributed by atoms with van der Waals surface area (Å²) in [6.45, 7) is 9.48. The smallest absolute Gasteiger partial charge is 0.130 e. The number of piperidine rings is 1. The third-order valence-electron chi connectivity index (χ3n) is 6.27. The largest absolute Gasteiger partial charge is 0.305 e. The zero-order chi connectivity index (χ0) is 16.0. The lowest BCUT2D eigenvalue weighted by Crippen LogP contribution is -2.65. The molecule has 2 saturated heterocycles. The van der Waals surface area contributed by atoms with Crippen molar-refractivity contribution in [2.24, 2.45) is 5.41 Å². The average Bonchev–Trinajstić information content (AvgIpc) is 2.50. The first-order chi connectivity index (χ1) is 11.0. The summed E-state index contributed by atoms with van der Waals surface area (Å²) in [7, 11) is 2.25. The summed E-state index contributed by atoms with van der Waals surface area (Å²) in [5.41, 5.74) is 2.05. The zero-order valence-electron chi connectivity index (χ0n) is 14.8. The van der Waals surface area contributed by atoms with E-state index in [4.69, 9.17) is 0 Å². The fraction of sp³-hybridized carbons (Fsp3) is 0.789. The summed E-state index contributed by atoms with van der Waals surface area (Å²) >= 11 is 0. The molecule has 0 aromatic carbocycles. The number of hydrogen-bond donors (Lipinski definition) is 0. The van der Waals surface area contributed by atoms with Gasteiger partial charge in [0.25, 0.3) is 0 Å². The fourth-order valence-electron chi connectivity index (χ4n) is 5.01. The molecule has 0 amide bonds. The predicted molar refractivity (Wildman–Crippen MR) is 92.6 cm³/mol. The van der Waals surface area contributed by atoms with Crippen LogP contribution in [0, 0.1) is 5.41 Å². The first kappa shape index (κ1) is 15.5. The molecule has 3 fully saturated rings. The molecule has 0 N–H and O–H groups in total. The van der Waals surface area contributed by atoms with Crippen molar-refractivity contribution in [2.45, 2.75) is 57.4 Å². The molecule has 3 heterocycles. The summed E-state index contributed by atoms with van der Waals surface area (Å²) in [4.78, 5) is 14.3. The summed E-state index contributed by atoms with van der Waals surface area (Å²) in [6.07, 6.45) is 9.57. The molecular formula is C19H30N4. The van der Waals surface area contributed by atoms with Crippen LogP contribution in [0.5, 0.6) is 0 Å². The van der Waals surface area contributed by atoms with E-state index >= 15 is 0 Å². The highest BCUT2D eigenvalue weighted by atomic mass is 15.2. The van der Waals surface area contributed by atoms with Crippen LogP contribution in [-0.4, -0.2) is 59.0 Å². The first-order valence-electron chi connectivity index (χ1n) is 9.29. The molecule has 0 bridgehead atoms. The van der Waals surface area contributed by atoms with Crippen molar-refractivity contribution in [2.75, 3.05) is 33.2 Å². The summed E-state index contributed by atoms with van der Waals surface area (Å²) < 4.78 is 0. The molecule has 0 unspecified atom stereocenters. The third kappa shape index (κ3) is 2.91. The van der Waals surface area contributed by atoms with Crippen molar-refractivity contribution < 1.29 is 0 Å². The minimum Gasteiger partial charge on any atom is -0.305 e. The topological polar surface area (TPSA) is 32.3 Å². The maximum atomic E-state index is 4.55. The average molecular weight is 314 g/mol. The van der Waals surface area contributed by atoms with Gasteiger partial charge in [0.1, 0.15) is 5.82 Å². The molecule has 0 atom stereocenters. The highest BCUT2D eigenvalue weighted by Crippen LogP contribution is 2.50. The normalized spacial score (nSPS) is 26.4. The number of aromatic nitrogens is 2. The van der Waals surface area contributed by atoms with Gasteiger partial charge in [0.05, 0.1) is 0 Å². The van der Waals surface area contributed by atoms with E-state index in [0.717, 1.165) is 11.9 Å². The Balaban J connectivity index is 1.28. The van der Waals surface area contributed by atoms with Gasteiger partial charge in [0, 0.05) is 37.4 Å². The van der Waals surface area contributed by atoms with Gasteiger partial charge in [-0.25, -0.2) is 9.97 Å². The van der Waals surface area contributed by atoms with Crippen LogP contribution in [-0.2, 0) is 0 Å². The van der Waals surface area contributed by atoms with Gasteiger partial charge in [0.2, 0.25) is 0 Å². The number of hydrogen-bond acceptors (Lipinski definition) is 4. The molecule has 1 aromatic heterocycles. The molecule has 1 saturated carbocycles.